The zero-order valence-corrected chi connectivity index (χ0v) is 14.8. The second-order valence-electron chi connectivity index (χ2n) is 6.57. The van der Waals surface area contributed by atoms with Crippen molar-refractivity contribution in [1.29, 1.82) is 0 Å². The summed E-state index contributed by atoms with van der Waals surface area (Å²) in [4.78, 5) is 15.3. The Bertz CT molecular complexity index is 869. The fraction of sp³-hybridized carbons (Fsp3) is 0.286. The minimum atomic E-state index is -0.707. The first-order chi connectivity index (χ1) is 12.3. The van der Waals surface area contributed by atoms with E-state index in [9.17, 15) is 9.90 Å². The fourth-order valence-corrected chi connectivity index (χ4v) is 4.82. The quantitative estimate of drug-likeness (QED) is 0.724. The number of benzene rings is 2. The Morgan fingerprint density at radius 1 is 1.08 bits per heavy atom. The smallest absolute Gasteiger partial charge is 0.320 e. The van der Waals surface area contributed by atoms with Gasteiger partial charge >= 0.3 is 5.97 Å². The molecule has 1 N–H and O–H groups in total. The van der Waals surface area contributed by atoms with Crippen LogP contribution in [0.15, 0.2) is 60.0 Å². The van der Waals surface area contributed by atoms with Gasteiger partial charge in [-0.25, -0.2) is 0 Å². The first-order valence-corrected chi connectivity index (χ1v) is 9.63. The molecule has 0 radical (unpaired) electrons. The van der Waals surface area contributed by atoms with Crippen LogP contribution < -0.4 is 0 Å². The van der Waals surface area contributed by atoms with E-state index in [1.54, 1.807) is 11.3 Å². The predicted octanol–water partition coefficient (Wildman–Crippen LogP) is 4.93. The number of hydrogen-bond donors (Lipinski definition) is 1. The molecular formula is C21H21NO2S. The topological polar surface area (TPSA) is 40.5 Å². The monoisotopic (exact) mass is 351 g/mol. The molecule has 0 aliphatic carbocycles. The van der Waals surface area contributed by atoms with Crippen molar-refractivity contribution in [2.45, 2.75) is 31.3 Å². The fourth-order valence-electron chi connectivity index (χ4n) is 3.96. The van der Waals surface area contributed by atoms with Gasteiger partial charge in [-0.1, -0.05) is 55.0 Å². The van der Waals surface area contributed by atoms with Crippen molar-refractivity contribution >= 4 is 28.1 Å². The van der Waals surface area contributed by atoms with E-state index in [1.165, 1.54) is 21.2 Å². The van der Waals surface area contributed by atoms with Crippen LogP contribution in [0.3, 0.4) is 0 Å². The predicted molar refractivity (Wildman–Crippen MR) is 102 cm³/mol. The van der Waals surface area contributed by atoms with Gasteiger partial charge in [-0.05, 0) is 47.2 Å². The SMILES string of the molecule is O=C(O)C1CCCCN1C(c1cccs1)c1cccc2ccccc12. The summed E-state index contributed by atoms with van der Waals surface area (Å²) in [7, 11) is 0. The Balaban J connectivity index is 1.88. The minimum Gasteiger partial charge on any atom is -0.480 e. The molecule has 1 aliphatic heterocycles. The molecule has 25 heavy (non-hydrogen) atoms. The van der Waals surface area contributed by atoms with E-state index in [0.717, 1.165) is 25.8 Å². The molecule has 1 saturated heterocycles. The maximum Gasteiger partial charge on any atom is 0.320 e. The van der Waals surface area contributed by atoms with E-state index in [1.807, 2.05) is 6.07 Å². The summed E-state index contributed by atoms with van der Waals surface area (Å²) < 4.78 is 0. The number of rotatable bonds is 4. The summed E-state index contributed by atoms with van der Waals surface area (Å²) in [5.74, 6) is -0.707. The number of carbonyl (C=O) groups is 1. The molecule has 2 atom stereocenters. The normalized spacial score (nSPS) is 19.8. The van der Waals surface area contributed by atoms with Crippen LogP contribution in [0.25, 0.3) is 10.8 Å². The van der Waals surface area contributed by atoms with E-state index in [0.29, 0.717) is 0 Å². The van der Waals surface area contributed by atoms with Crippen LogP contribution in [0.1, 0.15) is 35.7 Å². The zero-order chi connectivity index (χ0) is 17.2. The van der Waals surface area contributed by atoms with E-state index in [4.69, 9.17) is 0 Å². The van der Waals surface area contributed by atoms with Crippen LogP contribution in [-0.4, -0.2) is 28.6 Å². The lowest BCUT2D eigenvalue weighted by Crippen LogP contribution is -2.46. The largest absolute Gasteiger partial charge is 0.480 e. The molecule has 2 aromatic carbocycles. The van der Waals surface area contributed by atoms with E-state index in [2.05, 4.69) is 58.8 Å². The van der Waals surface area contributed by atoms with Crippen molar-refractivity contribution in [2.75, 3.05) is 6.54 Å². The van der Waals surface area contributed by atoms with Crippen LogP contribution in [0, 0.1) is 0 Å². The van der Waals surface area contributed by atoms with Gasteiger partial charge in [0.1, 0.15) is 6.04 Å². The second kappa shape index (κ2) is 6.98. The maximum atomic E-state index is 11.9. The Labute approximate surface area is 151 Å². The van der Waals surface area contributed by atoms with E-state index in [-0.39, 0.29) is 6.04 Å². The van der Waals surface area contributed by atoms with Crippen LogP contribution in [0.2, 0.25) is 0 Å². The molecule has 3 nitrogen and oxygen atoms in total. The maximum absolute atomic E-state index is 11.9. The van der Waals surface area contributed by atoms with Crippen LogP contribution in [0.5, 0.6) is 0 Å². The van der Waals surface area contributed by atoms with E-state index < -0.39 is 12.0 Å². The van der Waals surface area contributed by atoms with Crippen molar-refractivity contribution < 1.29 is 9.90 Å². The molecule has 4 heteroatoms. The summed E-state index contributed by atoms with van der Waals surface area (Å²) in [5, 5.41) is 14.3. The van der Waals surface area contributed by atoms with Crippen molar-refractivity contribution in [2.24, 2.45) is 0 Å². The Kier molecular flexibility index (Phi) is 4.55. The molecule has 2 heterocycles. The van der Waals surface area contributed by atoms with Gasteiger partial charge in [0, 0.05) is 4.88 Å². The van der Waals surface area contributed by atoms with Gasteiger partial charge in [-0.3, -0.25) is 9.69 Å². The van der Waals surface area contributed by atoms with Crippen molar-refractivity contribution in [1.82, 2.24) is 4.90 Å². The highest BCUT2D eigenvalue weighted by molar-refractivity contribution is 7.10. The number of carboxylic acid groups (broad SMARTS) is 1. The van der Waals surface area contributed by atoms with Gasteiger partial charge < -0.3 is 5.11 Å². The van der Waals surface area contributed by atoms with Crippen molar-refractivity contribution in [3.8, 4) is 0 Å². The van der Waals surface area contributed by atoms with Gasteiger partial charge in [0.15, 0.2) is 0 Å². The molecule has 1 fully saturated rings. The molecule has 4 rings (SSSR count). The Hall–Kier alpha value is -2.17. The molecule has 0 saturated carbocycles. The first-order valence-electron chi connectivity index (χ1n) is 8.75. The molecular weight excluding hydrogens is 330 g/mol. The Morgan fingerprint density at radius 2 is 1.92 bits per heavy atom. The second-order valence-corrected chi connectivity index (χ2v) is 7.55. The molecule has 0 bridgehead atoms. The highest BCUT2D eigenvalue weighted by atomic mass is 32.1. The Morgan fingerprint density at radius 3 is 2.72 bits per heavy atom. The van der Waals surface area contributed by atoms with Gasteiger partial charge in [-0.2, -0.15) is 0 Å². The van der Waals surface area contributed by atoms with Crippen LogP contribution >= 0.6 is 11.3 Å². The number of carboxylic acids is 1. The van der Waals surface area contributed by atoms with Gasteiger partial charge in [0.05, 0.1) is 6.04 Å². The zero-order valence-electron chi connectivity index (χ0n) is 14.0. The standard InChI is InChI=1S/C21H21NO2S/c23-21(24)18-11-3-4-13-22(18)20(19-12-6-14-25-19)17-10-5-8-15-7-1-2-9-16(15)17/h1-2,5-10,12,14,18,20H,3-4,11,13H2,(H,23,24). The highest BCUT2D eigenvalue weighted by Crippen LogP contribution is 2.39. The summed E-state index contributed by atoms with van der Waals surface area (Å²) in [6.07, 6.45) is 2.76. The lowest BCUT2D eigenvalue weighted by molar-refractivity contribution is -0.145. The number of aliphatic carboxylic acids is 1. The molecule has 1 aromatic heterocycles. The number of nitrogens with zero attached hydrogens (tertiary/aromatic N) is 1. The average molecular weight is 351 g/mol. The minimum absolute atomic E-state index is 0.00694. The van der Waals surface area contributed by atoms with Gasteiger partial charge in [-0.15, -0.1) is 11.3 Å². The summed E-state index contributed by atoms with van der Waals surface area (Å²) in [6, 6.07) is 18.5. The van der Waals surface area contributed by atoms with Crippen molar-refractivity contribution in [3.63, 3.8) is 0 Å². The molecule has 1 aliphatic rings. The highest BCUT2D eigenvalue weighted by Gasteiger charge is 2.36. The van der Waals surface area contributed by atoms with Crippen molar-refractivity contribution in [3.05, 3.63) is 70.4 Å². The third-order valence-corrected chi connectivity index (χ3v) is 6.02. The lowest BCUT2D eigenvalue weighted by atomic mass is 9.92. The third kappa shape index (κ3) is 3.08. The molecule has 0 spiro atoms. The van der Waals surface area contributed by atoms with E-state index >= 15 is 0 Å². The summed E-state index contributed by atoms with van der Waals surface area (Å²) >= 11 is 1.71. The number of piperidine rings is 1. The molecule has 0 amide bonds. The number of thiophene rings is 1. The summed E-state index contributed by atoms with van der Waals surface area (Å²) in [5.41, 5.74) is 1.20. The number of fused-ring (bicyclic) bond motifs is 1. The van der Waals surface area contributed by atoms with Crippen LogP contribution in [-0.2, 0) is 4.79 Å². The summed E-state index contributed by atoms with van der Waals surface area (Å²) in [6.45, 7) is 0.822. The first kappa shape index (κ1) is 16.3. The van der Waals surface area contributed by atoms with Crippen LogP contribution in [0.4, 0.5) is 0 Å². The molecule has 3 aromatic rings. The number of likely N-dealkylation sites (tertiary alicyclic amines) is 1. The average Bonchev–Trinajstić information content (AvgIpc) is 3.17. The molecule has 2 unspecified atom stereocenters. The van der Waals surface area contributed by atoms with Gasteiger partial charge in [0.2, 0.25) is 0 Å². The number of hydrogen-bond acceptors (Lipinski definition) is 3. The van der Waals surface area contributed by atoms with Gasteiger partial charge in [0.25, 0.3) is 0 Å². The lowest BCUT2D eigenvalue weighted by Gasteiger charge is -2.39. The third-order valence-electron chi connectivity index (χ3n) is 5.09. The molecule has 128 valence electrons.